The normalized spacial score (nSPS) is 11.6. The average Bonchev–Trinajstić information content (AvgIpc) is 1.72. The van der Waals surface area contributed by atoms with Crippen molar-refractivity contribution < 1.29 is 0 Å². The summed E-state index contributed by atoms with van der Waals surface area (Å²) in [5, 5.41) is 0. The molecule has 0 radical (unpaired) electrons. The van der Waals surface area contributed by atoms with Crippen LogP contribution in [0.1, 0.15) is 40.5 Å². The fraction of sp³-hybridized carbons (Fsp3) is 1.00. The first kappa shape index (κ1) is 10.9. The van der Waals surface area contributed by atoms with Gasteiger partial charge in [0.2, 0.25) is 0 Å². The van der Waals surface area contributed by atoms with Gasteiger partial charge in [-0.25, -0.2) is 0 Å². The highest BCUT2D eigenvalue weighted by Gasteiger charge is 1.85. The van der Waals surface area contributed by atoms with Crippen LogP contribution in [-0.2, 0) is 0 Å². The monoisotopic (exact) mass is 117 g/mol. The van der Waals surface area contributed by atoms with Crippen LogP contribution in [0.15, 0.2) is 0 Å². The molecular weight excluding hydrogens is 98.1 g/mol. The minimum absolute atomic E-state index is 0.398. The molecule has 52 valence electrons. The zero-order chi connectivity index (χ0) is 6.99. The molecule has 0 aromatic rings. The van der Waals surface area contributed by atoms with Gasteiger partial charge in [0.1, 0.15) is 0 Å². The fourth-order valence-electron chi connectivity index (χ4n) is 0.455. The van der Waals surface area contributed by atoms with Crippen molar-refractivity contribution in [2.24, 2.45) is 5.73 Å². The van der Waals surface area contributed by atoms with Crippen LogP contribution in [-0.4, -0.2) is 6.04 Å². The Morgan fingerprint density at radius 2 is 1.75 bits per heavy atom. The largest absolute Gasteiger partial charge is 0.328 e. The second kappa shape index (κ2) is 10.0. The third-order valence-electron chi connectivity index (χ3n) is 0.744. The quantitative estimate of drug-likeness (QED) is 0.589. The zero-order valence-electron chi connectivity index (χ0n) is 6.57. The van der Waals surface area contributed by atoms with E-state index < -0.39 is 0 Å². The van der Waals surface area contributed by atoms with Crippen molar-refractivity contribution in [3.63, 3.8) is 0 Å². The molecule has 0 aliphatic heterocycles. The molecule has 1 atom stereocenters. The van der Waals surface area contributed by atoms with Crippen LogP contribution >= 0.6 is 0 Å². The number of rotatable bonds is 2. The standard InChI is InChI=1S/C5H13N.C2H6/c1-3-4-5(2)6;1-2/h5H,3-4,6H2,1-2H3;1-2H3/t5-;/m0./s1. The molecule has 2 N–H and O–H groups in total. The van der Waals surface area contributed by atoms with Gasteiger partial charge in [-0.3, -0.25) is 0 Å². The average molecular weight is 117 g/mol. The van der Waals surface area contributed by atoms with Crippen LogP contribution < -0.4 is 5.73 Å². The van der Waals surface area contributed by atoms with Crippen molar-refractivity contribution in [3.8, 4) is 0 Å². The summed E-state index contributed by atoms with van der Waals surface area (Å²) >= 11 is 0. The molecule has 0 amide bonds. The summed E-state index contributed by atoms with van der Waals surface area (Å²) in [4.78, 5) is 0. The van der Waals surface area contributed by atoms with Gasteiger partial charge in [-0.15, -0.1) is 0 Å². The van der Waals surface area contributed by atoms with Gasteiger partial charge in [-0.1, -0.05) is 27.2 Å². The van der Waals surface area contributed by atoms with E-state index in [1.54, 1.807) is 0 Å². The Bertz CT molecular complexity index is 25.6. The minimum Gasteiger partial charge on any atom is -0.328 e. The molecule has 0 saturated carbocycles. The van der Waals surface area contributed by atoms with Gasteiger partial charge in [0, 0.05) is 6.04 Å². The Labute approximate surface area is 53.3 Å². The Morgan fingerprint density at radius 1 is 1.38 bits per heavy atom. The lowest BCUT2D eigenvalue weighted by atomic mass is 10.2. The maximum atomic E-state index is 5.40. The van der Waals surface area contributed by atoms with Gasteiger partial charge >= 0.3 is 0 Å². The van der Waals surface area contributed by atoms with Crippen LogP contribution in [0.4, 0.5) is 0 Å². The molecule has 0 spiro atoms. The Balaban J connectivity index is 0. The predicted molar refractivity (Wildman–Crippen MR) is 39.9 cm³/mol. The lowest BCUT2D eigenvalue weighted by Gasteiger charge is -1.96. The van der Waals surface area contributed by atoms with E-state index >= 15 is 0 Å². The summed E-state index contributed by atoms with van der Waals surface area (Å²) < 4.78 is 0. The van der Waals surface area contributed by atoms with E-state index in [9.17, 15) is 0 Å². The molecule has 0 heterocycles. The van der Waals surface area contributed by atoms with Gasteiger partial charge in [0.25, 0.3) is 0 Å². The van der Waals surface area contributed by atoms with Crippen molar-refractivity contribution in [2.75, 3.05) is 0 Å². The number of nitrogens with two attached hydrogens (primary N) is 1. The van der Waals surface area contributed by atoms with Gasteiger partial charge in [0.15, 0.2) is 0 Å². The maximum Gasteiger partial charge on any atom is 0.00103 e. The lowest BCUT2D eigenvalue weighted by Crippen LogP contribution is -2.13. The van der Waals surface area contributed by atoms with Crippen molar-refractivity contribution in [1.82, 2.24) is 0 Å². The predicted octanol–water partition coefficient (Wildman–Crippen LogP) is 2.16. The van der Waals surface area contributed by atoms with Crippen molar-refractivity contribution in [2.45, 2.75) is 46.6 Å². The summed E-state index contributed by atoms with van der Waals surface area (Å²) in [5.74, 6) is 0. The molecule has 1 heteroatoms. The molecule has 0 unspecified atom stereocenters. The molecule has 0 aromatic carbocycles. The SMILES string of the molecule is CC.CCC[C@H](C)N. The molecule has 0 aromatic heterocycles. The van der Waals surface area contributed by atoms with E-state index in [-0.39, 0.29) is 0 Å². The van der Waals surface area contributed by atoms with Gasteiger partial charge in [-0.05, 0) is 13.3 Å². The lowest BCUT2D eigenvalue weighted by molar-refractivity contribution is 0.653. The molecule has 0 fully saturated rings. The molecule has 8 heavy (non-hydrogen) atoms. The molecule has 0 bridgehead atoms. The van der Waals surface area contributed by atoms with E-state index in [1.165, 1.54) is 6.42 Å². The second-order valence-electron chi connectivity index (χ2n) is 1.77. The van der Waals surface area contributed by atoms with Gasteiger partial charge in [-0.2, -0.15) is 0 Å². The van der Waals surface area contributed by atoms with Crippen LogP contribution in [0.25, 0.3) is 0 Å². The third kappa shape index (κ3) is 16.7. The highest BCUT2D eigenvalue weighted by molar-refractivity contribution is 4.47. The van der Waals surface area contributed by atoms with E-state index in [2.05, 4.69) is 6.92 Å². The number of hydrogen-bond donors (Lipinski definition) is 1. The molecule has 0 saturated heterocycles. The van der Waals surface area contributed by atoms with Crippen molar-refractivity contribution in [1.29, 1.82) is 0 Å². The number of hydrogen-bond acceptors (Lipinski definition) is 1. The van der Waals surface area contributed by atoms with Crippen LogP contribution in [0.3, 0.4) is 0 Å². The zero-order valence-corrected chi connectivity index (χ0v) is 6.57. The van der Waals surface area contributed by atoms with E-state index in [0.29, 0.717) is 6.04 Å². The van der Waals surface area contributed by atoms with E-state index in [0.717, 1.165) is 6.42 Å². The Morgan fingerprint density at radius 3 is 1.75 bits per heavy atom. The Kier molecular flexibility index (Phi) is 13.6. The van der Waals surface area contributed by atoms with E-state index in [4.69, 9.17) is 5.73 Å². The molecule has 1 nitrogen and oxygen atoms in total. The molecule has 0 rings (SSSR count). The van der Waals surface area contributed by atoms with Gasteiger partial charge in [0.05, 0.1) is 0 Å². The van der Waals surface area contributed by atoms with E-state index in [1.807, 2.05) is 20.8 Å². The first-order valence-electron chi connectivity index (χ1n) is 3.53. The first-order chi connectivity index (χ1) is 3.77. The van der Waals surface area contributed by atoms with Crippen molar-refractivity contribution >= 4 is 0 Å². The first-order valence-corrected chi connectivity index (χ1v) is 3.53. The molecular formula is C7H19N. The third-order valence-corrected chi connectivity index (χ3v) is 0.744. The highest BCUT2D eigenvalue weighted by Crippen LogP contribution is 1.88. The van der Waals surface area contributed by atoms with Crippen LogP contribution in [0.2, 0.25) is 0 Å². The summed E-state index contributed by atoms with van der Waals surface area (Å²) in [7, 11) is 0. The second-order valence-corrected chi connectivity index (χ2v) is 1.77. The van der Waals surface area contributed by atoms with Crippen LogP contribution in [0, 0.1) is 0 Å². The summed E-state index contributed by atoms with van der Waals surface area (Å²) in [6.45, 7) is 8.17. The molecule has 0 aliphatic carbocycles. The summed E-state index contributed by atoms with van der Waals surface area (Å²) in [5.41, 5.74) is 5.40. The smallest absolute Gasteiger partial charge is 0.00103 e. The summed E-state index contributed by atoms with van der Waals surface area (Å²) in [6, 6.07) is 0.398. The highest BCUT2D eigenvalue weighted by atomic mass is 14.6. The Hall–Kier alpha value is -0.0400. The van der Waals surface area contributed by atoms with Crippen molar-refractivity contribution in [3.05, 3.63) is 0 Å². The molecule has 0 aliphatic rings. The van der Waals surface area contributed by atoms with Crippen LogP contribution in [0.5, 0.6) is 0 Å². The topological polar surface area (TPSA) is 26.0 Å². The summed E-state index contributed by atoms with van der Waals surface area (Å²) in [6.07, 6.45) is 2.36. The maximum absolute atomic E-state index is 5.40. The van der Waals surface area contributed by atoms with Gasteiger partial charge < -0.3 is 5.73 Å². The fourth-order valence-corrected chi connectivity index (χ4v) is 0.455. The minimum atomic E-state index is 0.398.